The highest BCUT2D eigenvalue weighted by atomic mass is 35.5. The number of hydrogen-bond acceptors (Lipinski definition) is 4. The quantitative estimate of drug-likeness (QED) is 0.829. The zero-order valence-corrected chi connectivity index (χ0v) is 17.3. The van der Waals surface area contributed by atoms with Crippen LogP contribution in [0.5, 0.6) is 0 Å². The van der Waals surface area contributed by atoms with Crippen molar-refractivity contribution < 1.29 is 9.59 Å². The third-order valence-electron chi connectivity index (χ3n) is 3.60. The number of nitrogens with zero attached hydrogens (tertiary/aromatic N) is 2. The van der Waals surface area contributed by atoms with Gasteiger partial charge in [0.05, 0.1) is 12.2 Å². The molecule has 1 aromatic heterocycles. The second-order valence-corrected chi connectivity index (χ2v) is 8.49. The molecule has 2 amide bonds. The number of likely N-dealkylation sites (N-methyl/N-ethyl adjacent to an activating group) is 1. The highest BCUT2D eigenvalue weighted by molar-refractivity contribution is 7.17. The van der Waals surface area contributed by atoms with Gasteiger partial charge in [0.25, 0.3) is 5.91 Å². The predicted octanol–water partition coefficient (Wildman–Crippen LogP) is 4.15. The smallest absolute Gasteiger partial charge is 0.266 e. The monoisotopic (exact) mass is 393 g/mol. The Bertz CT molecular complexity index is 794. The number of amides is 2. The standard InChI is InChI=1S/C19H24ClN3O2S/c1-6-23(11-15(24)22-19(3,4)5)18(25)16-12(2)21-17(26-16)13-7-9-14(20)10-8-13/h7-10H,6,11H2,1-5H3,(H,22,24). The van der Waals surface area contributed by atoms with E-state index in [0.717, 1.165) is 10.6 Å². The van der Waals surface area contributed by atoms with Crippen LogP contribution in [0.2, 0.25) is 5.02 Å². The molecule has 1 N–H and O–H groups in total. The molecule has 0 aliphatic carbocycles. The maximum absolute atomic E-state index is 12.9. The number of nitrogens with one attached hydrogen (secondary N) is 1. The summed E-state index contributed by atoms with van der Waals surface area (Å²) in [6.07, 6.45) is 0. The molecule has 26 heavy (non-hydrogen) atoms. The van der Waals surface area contributed by atoms with Gasteiger partial charge in [-0.2, -0.15) is 0 Å². The summed E-state index contributed by atoms with van der Waals surface area (Å²) in [5.41, 5.74) is 1.25. The van der Waals surface area contributed by atoms with Crippen molar-refractivity contribution in [2.45, 2.75) is 40.2 Å². The zero-order chi connectivity index (χ0) is 19.5. The molecule has 0 aliphatic heterocycles. The second kappa shape index (κ2) is 8.18. The SMILES string of the molecule is CCN(CC(=O)NC(C)(C)C)C(=O)c1sc(-c2ccc(Cl)cc2)nc1C. The van der Waals surface area contributed by atoms with Gasteiger partial charge in [-0.15, -0.1) is 11.3 Å². The van der Waals surface area contributed by atoms with Crippen molar-refractivity contribution >= 4 is 34.8 Å². The van der Waals surface area contributed by atoms with Gasteiger partial charge in [-0.25, -0.2) is 4.98 Å². The van der Waals surface area contributed by atoms with E-state index in [-0.39, 0.29) is 23.9 Å². The number of carbonyl (C=O) groups is 2. The Kier molecular flexibility index (Phi) is 6.42. The lowest BCUT2D eigenvalue weighted by molar-refractivity contribution is -0.123. The van der Waals surface area contributed by atoms with Crippen LogP contribution in [0.25, 0.3) is 10.6 Å². The van der Waals surface area contributed by atoms with Gasteiger partial charge in [0.15, 0.2) is 0 Å². The fourth-order valence-corrected chi connectivity index (χ4v) is 3.58. The Balaban J connectivity index is 2.19. The van der Waals surface area contributed by atoms with Gasteiger partial charge < -0.3 is 10.2 Å². The Morgan fingerprint density at radius 3 is 2.38 bits per heavy atom. The molecule has 5 nitrogen and oxygen atoms in total. The lowest BCUT2D eigenvalue weighted by Crippen LogP contribution is -2.47. The summed E-state index contributed by atoms with van der Waals surface area (Å²) in [5, 5.41) is 4.30. The van der Waals surface area contributed by atoms with Gasteiger partial charge in [0.2, 0.25) is 5.91 Å². The largest absolute Gasteiger partial charge is 0.350 e. The molecule has 0 spiro atoms. The van der Waals surface area contributed by atoms with Crippen LogP contribution in [0, 0.1) is 6.92 Å². The van der Waals surface area contributed by atoms with Crippen LogP contribution in [0.3, 0.4) is 0 Å². The van der Waals surface area contributed by atoms with Crippen molar-refractivity contribution in [1.82, 2.24) is 15.2 Å². The summed E-state index contributed by atoms with van der Waals surface area (Å²) in [6.45, 7) is 9.88. The first-order valence-corrected chi connectivity index (χ1v) is 9.64. The molecule has 1 heterocycles. The van der Waals surface area contributed by atoms with Crippen LogP contribution < -0.4 is 5.32 Å². The highest BCUT2D eigenvalue weighted by Crippen LogP contribution is 2.29. The molecule has 0 saturated carbocycles. The number of benzene rings is 1. The van der Waals surface area contributed by atoms with E-state index in [1.807, 2.05) is 46.8 Å². The minimum Gasteiger partial charge on any atom is -0.350 e. The number of halogens is 1. The molecule has 0 radical (unpaired) electrons. The number of hydrogen-bond donors (Lipinski definition) is 1. The van der Waals surface area contributed by atoms with E-state index in [9.17, 15) is 9.59 Å². The molecule has 2 aromatic rings. The van der Waals surface area contributed by atoms with Gasteiger partial charge in [-0.3, -0.25) is 9.59 Å². The predicted molar refractivity (Wildman–Crippen MR) is 107 cm³/mol. The van der Waals surface area contributed by atoms with Crippen molar-refractivity contribution in [3.8, 4) is 10.6 Å². The molecular formula is C19H24ClN3O2S. The summed E-state index contributed by atoms with van der Waals surface area (Å²) in [6, 6.07) is 7.35. The minimum atomic E-state index is -0.332. The Morgan fingerprint density at radius 2 is 1.85 bits per heavy atom. The molecule has 0 saturated heterocycles. The van der Waals surface area contributed by atoms with E-state index < -0.39 is 0 Å². The van der Waals surface area contributed by atoms with E-state index in [1.165, 1.54) is 16.2 Å². The second-order valence-electron chi connectivity index (χ2n) is 7.06. The summed E-state index contributed by atoms with van der Waals surface area (Å²) in [4.78, 5) is 31.7. The normalized spacial score (nSPS) is 11.3. The van der Waals surface area contributed by atoms with Gasteiger partial charge in [-0.1, -0.05) is 23.7 Å². The number of aryl methyl sites for hydroxylation is 1. The van der Waals surface area contributed by atoms with Gasteiger partial charge in [0, 0.05) is 22.7 Å². The topological polar surface area (TPSA) is 62.3 Å². The molecule has 0 fully saturated rings. The van der Waals surface area contributed by atoms with E-state index in [2.05, 4.69) is 10.3 Å². The zero-order valence-electron chi connectivity index (χ0n) is 15.7. The van der Waals surface area contributed by atoms with Gasteiger partial charge >= 0.3 is 0 Å². The summed E-state index contributed by atoms with van der Waals surface area (Å²) >= 11 is 7.26. The molecule has 0 aliphatic rings. The van der Waals surface area contributed by atoms with Crippen LogP contribution in [-0.4, -0.2) is 40.3 Å². The maximum atomic E-state index is 12.9. The van der Waals surface area contributed by atoms with E-state index in [0.29, 0.717) is 22.1 Å². The van der Waals surface area contributed by atoms with Crippen molar-refractivity contribution in [2.75, 3.05) is 13.1 Å². The number of rotatable bonds is 5. The first-order chi connectivity index (χ1) is 12.1. The number of carbonyl (C=O) groups excluding carboxylic acids is 2. The molecule has 0 unspecified atom stereocenters. The van der Waals surface area contributed by atoms with E-state index in [4.69, 9.17) is 11.6 Å². The van der Waals surface area contributed by atoms with E-state index >= 15 is 0 Å². The highest BCUT2D eigenvalue weighted by Gasteiger charge is 2.24. The van der Waals surface area contributed by atoms with Crippen LogP contribution >= 0.6 is 22.9 Å². The van der Waals surface area contributed by atoms with E-state index in [1.54, 1.807) is 12.1 Å². The van der Waals surface area contributed by atoms with Crippen LogP contribution in [0.15, 0.2) is 24.3 Å². The van der Waals surface area contributed by atoms with Crippen molar-refractivity contribution in [3.05, 3.63) is 39.9 Å². The first-order valence-electron chi connectivity index (χ1n) is 8.44. The fraction of sp³-hybridized carbons (Fsp3) is 0.421. The molecule has 1 aromatic carbocycles. The fourth-order valence-electron chi connectivity index (χ4n) is 2.41. The average molecular weight is 394 g/mol. The van der Waals surface area contributed by atoms with Gasteiger partial charge in [-0.05, 0) is 46.8 Å². The third-order valence-corrected chi connectivity index (χ3v) is 5.05. The molecular weight excluding hydrogens is 370 g/mol. The minimum absolute atomic E-state index is 0.0280. The number of thiazole rings is 1. The average Bonchev–Trinajstić information content (AvgIpc) is 2.92. The van der Waals surface area contributed by atoms with Crippen LogP contribution in [-0.2, 0) is 4.79 Å². The lowest BCUT2D eigenvalue weighted by atomic mass is 10.1. The summed E-state index contributed by atoms with van der Waals surface area (Å²) in [7, 11) is 0. The molecule has 140 valence electrons. The summed E-state index contributed by atoms with van der Waals surface area (Å²) < 4.78 is 0. The molecule has 2 rings (SSSR count). The molecule has 7 heteroatoms. The third kappa shape index (κ3) is 5.29. The Hall–Kier alpha value is -1.92. The van der Waals surface area contributed by atoms with Crippen molar-refractivity contribution in [1.29, 1.82) is 0 Å². The maximum Gasteiger partial charge on any atom is 0.266 e. The molecule has 0 bridgehead atoms. The first kappa shape index (κ1) is 20.4. The Labute approximate surface area is 163 Å². The van der Waals surface area contributed by atoms with Crippen molar-refractivity contribution in [3.63, 3.8) is 0 Å². The Morgan fingerprint density at radius 1 is 1.23 bits per heavy atom. The summed E-state index contributed by atoms with van der Waals surface area (Å²) in [5.74, 6) is -0.348. The van der Waals surface area contributed by atoms with Crippen LogP contribution in [0.1, 0.15) is 43.1 Å². The lowest BCUT2D eigenvalue weighted by Gasteiger charge is -2.24. The molecule has 0 atom stereocenters. The number of aromatic nitrogens is 1. The van der Waals surface area contributed by atoms with Gasteiger partial charge in [0.1, 0.15) is 9.88 Å². The van der Waals surface area contributed by atoms with Crippen LogP contribution in [0.4, 0.5) is 0 Å². The van der Waals surface area contributed by atoms with Crippen molar-refractivity contribution in [2.24, 2.45) is 0 Å².